The Balaban J connectivity index is 3.25. The highest BCUT2D eigenvalue weighted by molar-refractivity contribution is 5.78. The van der Waals surface area contributed by atoms with E-state index >= 15 is 0 Å². The van der Waals surface area contributed by atoms with Crippen molar-refractivity contribution < 1.29 is 24.5 Å². The number of methoxy groups -OCH3 is 2. The summed E-state index contributed by atoms with van der Waals surface area (Å²) < 4.78 is 10.2. The molecular formula is C11H14O5. The Morgan fingerprint density at radius 2 is 2.06 bits per heavy atom. The summed E-state index contributed by atoms with van der Waals surface area (Å²) in [6.45, 7) is -0.487. The average molecular weight is 226 g/mol. The van der Waals surface area contributed by atoms with Crippen LogP contribution in [0.25, 0.3) is 0 Å². The maximum Gasteiger partial charge on any atom is 0.313 e. The van der Waals surface area contributed by atoms with Crippen LogP contribution in [-0.4, -0.2) is 37.0 Å². The topological polar surface area (TPSA) is 76.0 Å². The lowest BCUT2D eigenvalue weighted by molar-refractivity contribution is -0.139. The number of aliphatic hydroxyl groups is 1. The highest BCUT2D eigenvalue weighted by atomic mass is 16.5. The van der Waals surface area contributed by atoms with Crippen molar-refractivity contribution in [2.45, 2.75) is 5.92 Å². The van der Waals surface area contributed by atoms with Crippen LogP contribution in [0.1, 0.15) is 11.5 Å². The second-order valence-corrected chi connectivity index (χ2v) is 3.16. The maximum atomic E-state index is 10.9. The molecule has 1 unspecified atom stereocenters. The lowest BCUT2D eigenvalue weighted by Gasteiger charge is -2.16. The normalized spacial score (nSPS) is 11.9. The molecule has 0 bridgehead atoms. The minimum Gasteiger partial charge on any atom is -0.493 e. The zero-order valence-electron chi connectivity index (χ0n) is 9.14. The van der Waals surface area contributed by atoms with Gasteiger partial charge < -0.3 is 19.7 Å². The third-order valence-corrected chi connectivity index (χ3v) is 2.29. The Labute approximate surface area is 93.2 Å². The number of hydrogen-bond donors (Lipinski definition) is 2. The van der Waals surface area contributed by atoms with Gasteiger partial charge in [0.15, 0.2) is 11.5 Å². The van der Waals surface area contributed by atoms with Crippen molar-refractivity contribution in [2.24, 2.45) is 0 Å². The van der Waals surface area contributed by atoms with Gasteiger partial charge in [-0.25, -0.2) is 0 Å². The van der Waals surface area contributed by atoms with Crippen LogP contribution in [-0.2, 0) is 4.79 Å². The lowest BCUT2D eigenvalue weighted by Crippen LogP contribution is -2.16. The van der Waals surface area contributed by atoms with Crippen LogP contribution in [0, 0.1) is 0 Å². The van der Waals surface area contributed by atoms with Gasteiger partial charge in [0.1, 0.15) is 5.92 Å². The monoisotopic (exact) mass is 226 g/mol. The standard InChI is InChI=1S/C11H14O5/c1-15-9-5-3-4-7(10(9)16-2)8(6-12)11(13)14/h3-5,8,12H,6H2,1-2H3,(H,13,14). The molecule has 1 aromatic carbocycles. The Morgan fingerprint density at radius 3 is 2.50 bits per heavy atom. The molecule has 5 nitrogen and oxygen atoms in total. The lowest BCUT2D eigenvalue weighted by atomic mass is 9.99. The number of para-hydroxylation sites is 1. The number of carboxylic acid groups (broad SMARTS) is 1. The van der Waals surface area contributed by atoms with E-state index in [-0.39, 0.29) is 0 Å². The minimum atomic E-state index is -1.10. The third kappa shape index (κ3) is 2.25. The van der Waals surface area contributed by atoms with Crippen LogP contribution in [0.2, 0.25) is 0 Å². The van der Waals surface area contributed by atoms with Crippen LogP contribution < -0.4 is 9.47 Å². The van der Waals surface area contributed by atoms with Crippen LogP contribution in [0.5, 0.6) is 11.5 Å². The summed E-state index contributed by atoms with van der Waals surface area (Å²) in [5, 5.41) is 18.0. The number of aliphatic carboxylic acids is 1. The molecule has 0 heterocycles. The predicted octanol–water partition coefficient (Wildman–Crippen LogP) is 0.864. The average Bonchev–Trinajstić information content (AvgIpc) is 2.29. The number of aliphatic hydroxyl groups excluding tert-OH is 1. The zero-order chi connectivity index (χ0) is 12.1. The molecule has 0 aliphatic heterocycles. The largest absolute Gasteiger partial charge is 0.493 e. The first kappa shape index (κ1) is 12.3. The second kappa shape index (κ2) is 5.37. The molecule has 0 amide bonds. The van der Waals surface area contributed by atoms with Gasteiger partial charge in [-0.05, 0) is 6.07 Å². The Morgan fingerprint density at radius 1 is 1.38 bits per heavy atom. The smallest absolute Gasteiger partial charge is 0.313 e. The third-order valence-electron chi connectivity index (χ3n) is 2.29. The van der Waals surface area contributed by atoms with E-state index in [0.29, 0.717) is 17.1 Å². The number of rotatable bonds is 5. The molecule has 2 N–H and O–H groups in total. The van der Waals surface area contributed by atoms with Crippen LogP contribution >= 0.6 is 0 Å². The summed E-state index contributed by atoms with van der Waals surface area (Å²) >= 11 is 0. The highest BCUT2D eigenvalue weighted by Crippen LogP contribution is 2.35. The van der Waals surface area contributed by atoms with Gasteiger partial charge in [-0.15, -0.1) is 0 Å². The van der Waals surface area contributed by atoms with Crippen molar-refractivity contribution in [3.05, 3.63) is 23.8 Å². The molecule has 1 atom stereocenters. The van der Waals surface area contributed by atoms with Crippen LogP contribution in [0.4, 0.5) is 0 Å². The van der Waals surface area contributed by atoms with E-state index in [2.05, 4.69) is 0 Å². The molecule has 88 valence electrons. The molecule has 0 aliphatic rings. The summed E-state index contributed by atoms with van der Waals surface area (Å²) in [5.41, 5.74) is 0.400. The van der Waals surface area contributed by atoms with Gasteiger partial charge in [0.2, 0.25) is 0 Å². The quantitative estimate of drug-likeness (QED) is 0.778. The van der Waals surface area contributed by atoms with Gasteiger partial charge in [0.25, 0.3) is 0 Å². The van der Waals surface area contributed by atoms with E-state index in [4.69, 9.17) is 19.7 Å². The van der Waals surface area contributed by atoms with E-state index in [0.717, 1.165) is 0 Å². The fourth-order valence-corrected chi connectivity index (χ4v) is 1.50. The van der Waals surface area contributed by atoms with Gasteiger partial charge in [0, 0.05) is 5.56 Å². The number of benzene rings is 1. The minimum absolute atomic E-state index is 0.339. The van der Waals surface area contributed by atoms with E-state index in [1.54, 1.807) is 18.2 Å². The molecule has 0 saturated heterocycles. The molecule has 0 spiro atoms. The molecule has 0 radical (unpaired) electrons. The fourth-order valence-electron chi connectivity index (χ4n) is 1.50. The van der Waals surface area contributed by atoms with Gasteiger partial charge in [-0.3, -0.25) is 4.79 Å². The number of ether oxygens (including phenoxy) is 2. The first-order valence-electron chi connectivity index (χ1n) is 4.70. The summed E-state index contributed by atoms with van der Waals surface area (Å²) in [6.07, 6.45) is 0. The van der Waals surface area contributed by atoms with Crippen molar-refractivity contribution in [2.75, 3.05) is 20.8 Å². The number of carbonyl (C=O) groups is 1. The Bertz CT molecular complexity index is 375. The van der Waals surface area contributed by atoms with Crippen molar-refractivity contribution in [1.82, 2.24) is 0 Å². The van der Waals surface area contributed by atoms with Crippen LogP contribution in [0.15, 0.2) is 18.2 Å². The van der Waals surface area contributed by atoms with Gasteiger partial charge >= 0.3 is 5.97 Å². The first-order chi connectivity index (χ1) is 7.65. The van der Waals surface area contributed by atoms with Crippen molar-refractivity contribution in [1.29, 1.82) is 0 Å². The Hall–Kier alpha value is -1.75. The molecule has 16 heavy (non-hydrogen) atoms. The summed E-state index contributed by atoms with van der Waals surface area (Å²) in [4.78, 5) is 10.9. The molecule has 1 aromatic rings. The zero-order valence-corrected chi connectivity index (χ0v) is 9.14. The van der Waals surface area contributed by atoms with E-state index in [9.17, 15) is 4.79 Å². The summed E-state index contributed by atoms with van der Waals surface area (Å²) in [5.74, 6) is -1.33. The van der Waals surface area contributed by atoms with Crippen LogP contribution in [0.3, 0.4) is 0 Å². The van der Waals surface area contributed by atoms with E-state index < -0.39 is 18.5 Å². The van der Waals surface area contributed by atoms with Gasteiger partial charge in [-0.1, -0.05) is 12.1 Å². The van der Waals surface area contributed by atoms with Crippen molar-refractivity contribution in [3.8, 4) is 11.5 Å². The summed E-state index contributed by atoms with van der Waals surface area (Å²) in [6, 6.07) is 4.91. The second-order valence-electron chi connectivity index (χ2n) is 3.16. The molecule has 0 fully saturated rings. The van der Waals surface area contributed by atoms with Gasteiger partial charge in [0.05, 0.1) is 20.8 Å². The number of hydrogen-bond acceptors (Lipinski definition) is 4. The SMILES string of the molecule is COc1cccc(C(CO)C(=O)O)c1OC. The van der Waals surface area contributed by atoms with E-state index in [1.807, 2.05) is 0 Å². The predicted molar refractivity (Wildman–Crippen MR) is 57.0 cm³/mol. The van der Waals surface area contributed by atoms with Gasteiger partial charge in [-0.2, -0.15) is 0 Å². The van der Waals surface area contributed by atoms with Crippen molar-refractivity contribution in [3.63, 3.8) is 0 Å². The Kier molecular flexibility index (Phi) is 4.13. The number of carboxylic acids is 1. The molecule has 0 saturated carbocycles. The molecule has 5 heteroatoms. The highest BCUT2D eigenvalue weighted by Gasteiger charge is 2.24. The van der Waals surface area contributed by atoms with E-state index in [1.165, 1.54) is 14.2 Å². The molecule has 1 rings (SSSR count). The maximum absolute atomic E-state index is 10.9. The summed E-state index contributed by atoms with van der Waals surface area (Å²) in [7, 11) is 2.90. The first-order valence-corrected chi connectivity index (χ1v) is 4.70. The molecular weight excluding hydrogens is 212 g/mol. The molecule has 0 aliphatic carbocycles. The van der Waals surface area contributed by atoms with Crippen molar-refractivity contribution >= 4 is 5.97 Å². The molecule has 0 aromatic heterocycles. The fraction of sp³-hybridized carbons (Fsp3) is 0.364.